The summed E-state index contributed by atoms with van der Waals surface area (Å²) in [7, 11) is 4.36. The Morgan fingerprint density at radius 1 is 0.828 bits per heavy atom. The normalized spacial score (nSPS) is 11.8. The third kappa shape index (κ3) is 5.44. The predicted octanol–water partition coefficient (Wildman–Crippen LogP) is 2.55. The van der Waals surface area contributed by atoms with Crippen molar-refractivity contribution in [2.24, 2.45) is 0 Å². The Morgan fingerprint density at radius 2 is 1.41 bits per heavy atom. The number of rotatable bonds is 11. The average molecular weight is 408 g/mol. The molecule has 1 unspecified atom stereocenters. The monoisotopic (exact) mass is 408 g/mol. The second-order valence-corrected chi connectivity index (χ2v) is 6.36. The van der Waals surface area contributed by atoms with Crippen molar-refractivity contribution < 1.29 is 39.4 Å². The molecule has 0 amide bonds. The van der Waals surface area contributed by atoms with Crippen molar-refractivity contribution in [1.29, 1.82) is 0 Å². The number of benzene rings is 2. The van der Waals surface area contributed by atoms with Crippen LogP contribution in [0.15, 0.2) is 24.3 Å². The third-order valence-corrected chi connectivity index (χ3v) is 4.43. The van der Waals surface area contributed by atoms with Gasteiger partial charge in [-0.05, 0) is 48.2 Å². The van der Waals surface area contributed by atoms with Crippen molar-refractivity contribution >= 4 is 0 Å². The number of hydrogen-bond acceptors (Lipinski definition) is 8. The molecule has 1 atom stereocenters. The van der Waals surface area contributed by atoms with E-state index in [9.17, 15) is 10.2 Å². The molecule has 2 rings (SSSR count). The van der Waals surface area contributed by atoms with Crippen LogP contribution in [-0.4, -0.2) is 55.0 Å². The summed E-state index contributed by atoms with van der Waals surface area (Å²) in [6.45, 7) is -0.128. The first-order valence-corrected chi connectivity index (χ1v) is 9.22. The maximum absolute atomic E-state index is 10.5. The van der Waals surface area contributed by atoms with Gasteiger partial charge in [0.05, 0.1) is 27.4 Å². The van der Waals surface area contributed by atoms with E-state index in [4.69, 9.17) is 29.2 Å². The zero-order chi connectivity index (χ0) is 21.4. The van der Waals surface area contributed by atoms with Crippen molar-refractivity contribution in [3.8, 4) is 34.5 Å². The van der Waals surface area contributed by atoms with E-state index in [2.05, 4.69) is 0 Å². The van der Waals surface area contributed by atoms with Crippen LogP contribution >= 0.6 is 0 Å². The zero-order valence-electron chi connectivity index (χ0n) is 16.8. The molecular weight excluding hydrogens is 380 g/mol. The van der Waals surface area contributed by atoms with Gasteiger partial charge in [-0.1, -0.05) is 0 Å². The zero-order valence-corrected chi connectivity index (χ0v) is 16.8. The maximum Gasteiger partial charge on any atom is 0.211 e. The number of phenols is 1. The van der Waals surface area contributed by atoms with Crippen LogP contribution in [0.25, 0.3) is 0 Å². The minimum absolute atomic E-state index is 0.0380. The number of aliphatic hydroxyl groups excluding tert-OH is 3. The highest BCUT2D eigenvalue weighted by molar-refractivity contribution is 5.59. The standard InChI is InChI=1S/C21H28O8/c1-26-16-11-14(15(24)6-8-23)12-17(20(16)25)29-21-18(27-2)9-13(5-4-7-22)10-19(21)28-3/h9-12,15,22-25H,4-8H2,1-3H3. The molecule has 29 heavy (non-hydrogen) atoms. The molecule has 0 aliphatic heterocycles. The Morgan fingerprint density at radius 3 is 1.93 bits per heavy atom. The van der Waals surface area contributed by atoms with Crippen molar-refractivity contribution in [3.05, 3.63) is 35.4 Å². The minimum Gasteiger partial charge on any atom is -0.502 e. The average Bonchev–Trinajstić information content (AvgIpc) is 2.73. The highest BCUT2D eigenvalue weighted by atomic mass is 16.5. The van der Waals surface area contributed by atoms with Crippen molar-refractivity contribution in [2.45, 2.75) is 25.4 Å². The molecular formula is C21H28O8. The lowest BCUT2D eigenvalue weighted by Gasteiger charge is -2.19. The molecule has 8 nitrogen and oxygen atoms in total. The fourth-order valence-electron chi connectivity index (χ4n) is 2.89. The smallest absolute Gasteiger partial charge is 0.211 e. The fourth-order valence-corrected chi connectivity index (χ4v) is 2.89. The van der Waals surface area contributed by atoms with Gasteiger partial charge in [-0.25, -0.2) is 0 Å². The Bertz CT molecular complexity index is 781. The molecule has 0 saturated heterocycles. The Labute approximate surface area is 169 Å². The molecule has 0 fully saturated rings. The van der Waals surface area contributed by atoms with Gasteiger partial charge >= 0.3 is 0 Å². The van der Waals surface area contributed by atoms with Crippen molar-refractivity contribution in [3.63, 3.8) is 0 Å². The van der Waals surface area contributed by atoms with Crippen molar-refractivity contribution in [2.75, 3.05) is 34.5 Å². The lowest BCUT2D eigenvalue weighted by Crippen LogP contribution is -2.02. The summed E-state index contributed by atoms with van der Waals surface area (Å²) in [5.74, 6) is 0.923. The van der Waals surface area contributed by atoms with Crippen molar-refractivity contribution in [1.82, 2.24) is 0 Å². The molecule has 0 bridgehead atoms. The van der Waals surface area contributed by atoms with Gasteiger partial charge in [0, 0.05) is 19.6 Å². The lowest BCUT2D eigenvalue weighted by molar-refractivity contribution is 0.133. The molecule has 0 aliphatic carbocycles. The van der Waals surface area contributed by atoms with Gasteiger partial charge in [0.2, 0.25) is 11.5 Å². The number of phenolic OH excluding ortho intramolecular Hbond substituents is 1. The topological polar surface area (TPSA) is 118 Å². The second-order valence-electron chi connectivity index (χ2n) is 6.36. The van der Waals surface area contributed by atoms with Crippen LogP contribution in [0.5, 0.6) is 34.5 Å². The van der Waals surface area contributed by atoms with E-state index >= 15 is 0 Å². The van der Waals surface area contributed by atoms with Gasteiger partial charge in [-0.15, -0.1) is 0 Å². The van der Waals surface area contributed by atoms with E-state index < -0.39 is 6.10 Å². The van der Waals surface area contributed by atoms with Crippen LogP contribution in [0.3, 0.4) is 0 Å². The van der Waals surface area contributed by atoms with Gasteiger partial charge in [0.15, 0.2) is 23.0 Å². The van der Waals surface area contributed by atoms with Gasteiger partial charge in [-0.3, -0.25) is 0 Å². The Kier molecular flexibility index (Phi) is 8.38. The van der Waals surface area contributed by atoms with Crippen LogP contribution in [0, 0.1) is 0 Å². The highest BCUT2D eigenvalue weighted by Gasteiger charge is 2.21. The number of aryl methyl sites for hydroxylation is 1. The van der Waals surface area contributed by atoms with E-state index in [1.807, 2.05) is 0 Å². The van der Waals surface area contributed by atoms with E-state index in [-0.39, 0.29) is 42.6 Å². The van der Waals surface area contributed by atoms with Crippen LogP contribution in [-0.2, 0) is 6.42 Å². The highest BCUT2D eigenvalue weighted by Crippen LogP contribution is 2.47. The quantitative estimate of drug-likeness (QED) is 0.448. The van der Waals surface area contributed by atoms with Crippen LogP contribution in [0.1, 0.15) is 30.1 Å². The molecule has 0 saturated carbocycles. The largest absolute Gasteiger partial charge is 0.502 e. The first-order valence-electron chi connectivity index (χ1n) is 9.22. The van der Waals surface area contributed by atoms with Crippen LogP contribution in [0.2, 0.25) is 0 Å². The molecule has 0 heterocycles. The first kappa shape index (κ1) is 22.6. The molecule has 0 aromatic heterocycles. The molecule has 0 spiro atoms. The van der Waals surface area contributed by atoms with Gasteiger partial charge in [0.1, 0.15) is 0 Å². The van der Waals surface area contributed by atoms with E-state index in [1.165, 1.54) is 33.5 Å². The Balaban J connectivity index is 2.50. The SMILES string of the molecule is COc1cc(C(O)CCO)cc(Oc2c(OC)cc(CCCO)cc2OC)c1O. The fraction of sp³-hybridized carbons (Fsp3) is 0.429. The molecule has 4 N–H and O–H groups in total. The molecule has 2 aromatic carbocycles. The maximum atomic E-state index is 10.5. The van der Waals surface area contributed by atoms with E-state index in [1.54, 1.807) is 12.1 Å². The van der Waals surface area contributed by atoms with E-state index in [0.29, 0.717) is 29.9 Å². The van der Waals surface area contributed by atoms with Gasteiger partial charge in [-0.2, -0.15) is 0 Å². The molecule has 0 aliphatic rings. The summed E-state index contributed by atoms with van der Waals surface area (Å²) >= 11 is 0. The number of aliphatic hydroxyl groups is 3. The second kappa shape index (κ2) is 10.8. The first-order chi connectivity index (χ1) is 14.0. The molecule has 160 valence electrons. The molecule has 2 aromatic rings. The van der Waals surface area contributed by atoms with E-state index in [0.717, 1.165) is 5.56 Å². The summed E-state index contributed by atoms with van der Waals surface area (Å²) in [6, 6.07) is 6.49. The third-order valence-electron chi connectivity index (χ3n) is 4.43. The number of methoxy groups -OCH3 is 3. The van der Waals surface area contributed by atoms with Crippen LogP contribution < -0.4 is 18.9 Å². The number of hydrogen-bond donors (Lipinski definition) is 4. The summed E-state index contributed by atoms with van der Waals surface area (Å²) < 4.78 is 22.0. The summed E-state index contributed by atoms with van der Waals surface area (Å²) in [5, 5.41) is 38.9. The Hall–Kier alpha value is -2.68. The molecule has 0 radical (unpaired) electrons. The number of ether oxygens (including phenoxy) is 4. The molecule has 8 heteroatoms. The predicted molar refractivity (Wildman–Crippen MR) is 106 cm³/mol. The lowest BCUT2D eigenvalue weighted by atomic mass is 10.1. The summed E-state index contributed by atoms with van der Waals surface area (Å²) in [6.07, 6.45) is 0.391. The summed E-state index contributed by atoms with van der Waals surface area (Å²) in [5.41, 5.74) is 1.32. The van der Waals surface area contributed by atoms with Crippen LogP contribution in [0.4, 0.5) is 0 Å². The van der Waals surface area contributed by atoms with Gasteiger partial charge in [0.25, 0.3) is 0 Å². The van der Waals surface area contributed by atoms with Gasteiger partial charge < -0.3 is 39.4 Å². The number of aromatic hydroxyl groups is 1. The minimum atomic E-state index is -0.957. The summed E-state index contributed by atoms with van der Waals surface area (Å²) in [4.78, 5) is 0.